The van der Waals surface area contributed by atoms with Crippen molar-refractivity contribution in [2.45, 2.75) is 19.3 Å². The van der Waals surface area contributed by atoms with Gasteiger partial charge < -0.3 is 0 Å². The van der Waals surface area contributed by atoms with E-state index in [2.05, 4.69) is 23.5 Å². The van der Waals surface area contributed by atoms with Gasteiger partial charge >= 0.3 is 101 Å². The quantitative estimate of drug-likeness (QED) is 0.621. The van der Waals surface area contributed by atoms with Gasteiger partial charge in [-0.25, -0.2) is 0 Å². The molecule has 13 heavy (non-hydrogen) atoms. The number of thioether (sulfide) groups is 2. The van der Waals surface area contributed by atoms with Crippen LogP contribution in [0.4, 0.5) is 0 Å². The van der Waals surface area contributed by atoms with Crippen LogP contribution in [-0.4, -0.2) is 41.4 Å². The second kappa shape index (κ2) is 4.00. The SMILES string of the molecule is C1CC2=C(C1)[Se]C(=C1SCCS1)[Se]2. The first kappa shape index (κ1) is 9.45. The fourth-order valence-electron chi connectivity index (χ4n) is 1.66. The molecule has 1 saturated heterocycles. The van der Waals surface area contributed by atoms with Gasteiger partial charge in [0.2, 0.25) is 0 Å². The predicted molar refractivity (Wildman–Crippen MR) is 64.3 cm³/mol. The standard InChI is InChI=1S/C9H10S2Se2/c1-2-6-7(3-1)13-9(12-6)8-10-4-5-11-8/h1-5H2. The molecule has 3 rings (SSSR count). The molecule has 0 N–H and O–H groups in total. The fraction of sp³-hybridized carbons (Fsp3) is 0.556. The Balaban J connectivity index is 1.81. The van der Waals surface area contributed by atoms with Crippen molar-refractivity contribution in [3.63, 3.8) is 0 Å². The molecule has 0 nitrogen and oxygen atoms in total. The molecule has 0 saturated carbocycles. The van der Waals surface area contributed by atoms with Gasteiger partial charge in [-0.1, -0.05) is 0 Å². The molecule has 0 unspecified atom stereocenters. The zero-order valence-electron chi connectivity index (χ0n) is 7.17. The maximum atomic E-state index is 2.13. The van der Waals surface area contributed by atoms with Crippen molar-refractivity contribution in [3.05, 3.63) is 16.6 Å². The van der Waals surface area contributed by atoms with Crippen LogP contribution < -0.4 is 0 Å². The second-order valence-corrected chi connectivity index (χ2v) is 11.6. The summed E-state index contributed by atoms with van der Waals surface area (Å²) < 4.78 is 7.40. The molecule has 4 heteroatoms. The van der Waals surface area contributed by atoms with Crippen LogP contribution in [0.25, 0.3) is 0 Å². The van der Waals surface area contributed by atoms with Gasteiger partial charge in [-0.2, -0.15) is 0 Å². The van der Waals surface area contributed by atoms with E-state index in [-0.39, 0.29) is 0 Å². The first-order chi connectivity index (χ1) is 6.43. The van der Waals surface area contributed by atoms with Crippen LogP contribution in [0, 0.1) is 0 Å². The molecular weight excluding hydrogens is 330 g/mol. The van der Waals surface area contributed by atoms with Crippen LogP contribution in [0.15, 0.2) is 16.6 Å². The van der Waals surface area contributed by atoms with Crippen molar-refractivity contribution < 1.29 is 0 Å². The van der Waals surface area contributed by atoms with Crippen LogP contribution >= 0.6 is 23.5 Å². The molecule has 0 spiro atoms. The normalized spacial score (nSPS) is 27.7. The summed E-state index contributed by atoms with van der Waals surface area (Å²) in [5.74, 6) is 2.72. The third-order valence-corrected chi connectivity index (χ3v) is 13.2. The summed E-state index contributed by atoms with van der Waals surface area (Å²) in [6.45, 7) is 0. The minimum absolute atomic E-state index is 0.797. The van der Waals surface area contributed by atoms with Crippen LogP contribution in [0.2, 0.25) is 0 Å². The topological polar surface area (TPSA) is 0 Å². The Hall–Kier alpha value is 1.22. The predicted octanol–water partition coefficient (Wildman–Crippen LogP) is 2.41. The summed E-state index contributed by atoms with van der Waals surface area (Å²) in [7, 11) is 0. The first-order valence-electron chi connectivity index (χ1n) is 4.51. The van der Waals surface area contributed by atoms with E-state index in [1.54, 1.807) is 4.24 Å². The van der Waals surface area contributed by atoms with E-state index < -0.39 is 0 Å². The molecule has 0 atom stereocenters. The van der Waals surface area contributed by atoms with Crippen molar-refractivity contribution >= 4 is 53.4 Å². The van der Waals surface area contributed by atoms with Gasteiger partial charge in [-0.05, 0) is 0 Å². The Labute approximate surface area is 100 Å². The zero-order chi connectivity index (χ0) is 8.67. The van der Waals surface area contributed by atoms with E-state index in [9.17, 15) is 0 Å². The van der Waals surface area contributed by atoms with Gasteiger partial charge in [0.15, 0.2) is 0 Å². The third kappa shape index (κ3) is 1.82. The zero-order valence-corrected chi connectivity index (χ0v) is 12.2. The van der Waals surface area contributed by atoms with Crippen molar-refractivity contribution in [2.75, 3.05) is 11.5 Å². The number of allylic oxidation sites excluding steroid dienone is 2. The molecule has 70 valence electrons. The summed E-state index contributed by atoms with van der Waals surface area (Å²) in [6, 6.07) is 0. The van der Waals surface area contributed by atoms with Crippen LogP contribution in [0.5, 0.6) is 0 Å². The molecule has 0 radical (unpaired) electrons. The van der Waals surface area contributed by atoms with E-state index in [0.29, 0.717) is 0 Å². The average Bonchev–Trinajstić information content (AvgIpc) is 2.78. The van der Waals surface area contributed by atoms with E-state index in [1.165, 1.54) is 30.8 Å². The number of hydrogen-bond donors (Lipinski definition) is 0. The van der Waals surface area contributed by atoms with Crippen molar-refractivity contribution in [2.24, 2.45) is 0 Å². The van der Waals surface area contributed by atoms with Crippen LogP contribution in [-0.2, 0) is 0 Å². The first-order valence-corrected chi connectivity index (χ1v) is 9.91. The summed E-state index contributed by atoms with van der Waals surface area (Å²) in [6.07, 6.45) is 4.36. The van der Waals surface area contributed by atoms with Gasteiger partial charge in [0.25, 0.3) is 0 Å². The monoisotopic (exact) mass is 342 g/mol. The molecule has 3 aliphatic rings. The molecule has 1 fully saturated rings. The van der Waals surface area contributed by atoms with Gasteiger partial charge in [0.05, 0.1) is 0 Å². The molecule has 0 aromatic heterocycles. The van der Waals surface area contributed by atoms with Crippen molar-refractivity contribution in [3.8, 4) is 0 Å². The molecule has 0 aromatic rings. The molecule has 2 heterocycles. The molecule has 0 bridgehead atoms. The summed E-state index contributed by atoms with van der Waals surface area (Å²) in [5, 5.41) is 0. The third-order valence-electron chi connectivity index (χ3n) is 2.27. The van der Waals surface area contributed by atoms with Crippen LogP contribution in [0.3, 0.4) is 0 Å². The average molecular weight is 340 g/mol. The summed E-state index contributed by atoms with van der Waals surface area (Å²) >= 11 is 5.85. The Morgan fingerprint density at radius 3 is 2.15 bits per heavy atom. The molecule has 2 aliphatic heterocycles. The molecule has 0 aromatic carbocycles. The summed E-state index contributed by atoms with van der Waals surface area (Å²) in [5.41, 5.74) is 0. The summed E-state index contributed by atoms with van der Waals surface area (Å²) in [4.78, 5) is 0. The minimum atomic E-state index is 0.797. The Morgan fingerprint density at radius 2 is 1.54 bits per heavy atom. The second-order valence-electron chi connectivity index (χ2n) is 3.18. The van der Waals surface area contributed by atoms with E-state index in [4.69, 9.17) is 0 Å². The Bertz CT molecular complexity index is 281. The van der Waals surface area contributed by atoms with Crippen LogP contribution in [0.1, 0.15) is 19.3 Å². The number of rotatable bonds is 0. The Kier molecular flexibility index (Phi) is 2.90. The number of hydrogen-bond acceptors (Lipinski definition) is 2. The van der Waals surface area contributed by atoms with Gasteiger partial charge in [0, 0.05) is 0 Å². The van der Waals surface area contributed by atoms with E-state index >= 15 is 0 Å². The van der Waals surface area contributed by atoms with Gasteiger partial charge in [-0.15, -0.1) is 0 Å². The van der Waals surface area contributed by atoms with E-state index in [0.717, 1.165) is 29.9 Å². The fourth-order valence-corrected chi connectivity index (χ4v) is 13.0. The van der Waals surface area contributed by atoms with Gasteiger partial charge in [0.1, 0.15) is 0 Å². The Morgan fingerprint density at radius 1 is 0.923 bits per heavy atom. The molecule has 1 aliphatic carbocycles. The van der Waals surface area contributed by atoms with Crippen molar-refractivity contribution in [1.29, 1.82) is 0 Å². The maximum absolute atomic E-state index is 2.13. The van der Waals surface area contributed by atoms with Crippen molar-refractivity contribution in [1.82, 2.24) is 0 Å². The molecular formula is C9H10S2Se2. The van der Waals surface area contributed by atoms with Gasteiger partial charge in [-0.3, -0.25) is 0 Å². The van der Waals surface area contributed by atoms with E-state index in [1.807, 2.05) is 12.3 Å². The molecule has 0 amide bonds.